The Morgan fingerprint density at radius 1 is 1.19 bits per heavy atom. The van der Waals surface area contributed by atoms with Crippen molar-refractivity contribution in [1.82, 2.24) is 19.6 Å². The van der Waals surface area contributed by atoms with Gasteiger partial charge in [0.05, 0.1) is 17.3 Å². The number of likely N-dealkylation sites (tertiary alicyclic amines) is 1. The van der Waals surface area contributed by atoms with Gasteiger partial charge in [0.2, 0.25) is 0 Å². The van der Waals surface area contributed by atoms with Crippen LogP contribution in [0.5, 0.6) is 0 Å². The molecule has 2 saturated heterocycles. The SMILES string of the molecule is Cn1nc(C(C)(C)C)cc1C(=O)N1CC2CCC(C1)N2CCCNc1ccc(C#N)cc1. The van der Waals surface area contributed by atoms with Gasteiger partial charge in [0, 0.05) is 56.4 Å². The molecule has 1 aromatic heterocycles. The van der Waals surface area contributed by atoms with Crippen LogP contribution in [0.4, 0.5) is 5.69 Å². The van der Waals surface area contributed by atoms with E-state index in [0.29, 0.717) is 23.3 Å². The van der Waals surface area contributed by atoms with Gasteiger partial charge >= 0.3 is 0 Å². The van der Waals surface area contributed by atoms with Gasteiger partial charge in [-0.15, -0.1) is 0 Å². The third-order valence-electron chi connectivity index (χ3n) is 6.72. The minimum Gasteiger partial charge on any atom is -0.385 e. The molecule has 2 atom stereocenters. The minimum absolute atomic E-state index is 0.0696. The van der Waals surface area contributed by atoms with Crippen LogP contribution in [-0.4, -0.2) is 63.8 Å². The number of rotatable bonds is 6. The number of amides is 1. The molecule has 170 valence electrons. The van der Waals surface area contributed by atoms with Crippen molar-refractivity contribution in [3.8, 4) is 6.07 Å². The number of aryl methyl sites for hydroxylation is 1. The third kappa shape index (κ3) is 4.66. The zero-order valence-electron chi connectivity index (χ0n) is 19.6. The van der Waals surface area contributed by atoms with E-state index in [1.165, 1.54) is 0 Å². The van der Waals surface area contributed by atoms with Crippen LogP contribution in [0.25, 0.3) is 0 Å². The molecule has 0 aliphatic carbocycles. The van der Waals surface area contributed by atoms with E-state index < -0.39 is 0 Å². The van der Waals surface area contributed by atoms with Gasteiger partial charge in [0.25, 0.3) is 5.91 Å². The molecule has 2 aliphatic rings. The Balaban J connectivity index is 1.30. The van der Waals surface area contributed by atoms with Crippen molar-refractivity contribution in [2.45, 2.75) is 57.5 Å². The van der Waals surface area contributed by atoms with Crippen LogP contribution in [0.1, 0.15) is 61.8 Å². The van der Waals surface area contributed by atoms with Gasteiger partial charge in [-0.3, -0.25) is 14.4 Å². The topological polar surface area (TPSA) is 77.2 Å². The molecule has 0 saturated carbocycles. The number of piperazine rings is 1. The van der Waals surface area contributed by atoms with Gasteiger partial charge in [0.1, 0.15) is 5.69 Å². The monoisotopic (exact) mass is 434 g/mol. The summed E-state index contributed by atoms with van der Waals surface area (Å²) in [5.74, 6) is 0.106. The molecular formula is C25H34N6O. The summed E-state index contributed by atoms with van der Waals surface area (Å²) in [4.78, 5) is 17.9. The summed E-state index contributed by atoms with van der Waals surface area (Å²) in [6.45, 7) is 9.91. The lowest BCUT2D eigenvalue weighted by atomic mass is 9.92. The molecule has 1 aromatic carbocycles. The smallest absolute Gasteiger partial charge is 0.272 e. The van der Waals surface area contributed by atoms with E-state index in [1.54, 1.807) is 4.68 Å². The van der Waals surface area contributed by atoms with Gasteiger partial charge in [0.15, 0.2) is 0 Å². The van der Waals surface area contributed by atoms with E-state index in [-0.39, 0.29) is 11.3 Å². The first-order valence-corrected chi connectivity index (χ1v) is 11.6. The normalized spacial score (nSPS) is 20.9. The minimum atomic E-state index is -0.0696. The summed E-state index contributed by atoms with van der Waals surface area (Å²) in [7, 11) is 1.87. The largest absolute Gasteiger partial charge is 0.385 e. The molecule has 0 spiro atoms. The highest BCUT2D eigenvalue weighted by atomic mass is 16.2. The van der Waals surface area contributed by atoms with Gasteiger partial charge in [-0.2, -0.15) is 10.4 Å². The molecule has 0 radical (unpaired) electrons. The average Bonchev–Trinajstić information content (AvgIpc) is 3.26. The summed E-state index contributed by atoms with van der Waals surface area (Å²) < 4.78 is 1.74. The number of carbonyl (C=O) groups is 1. The first-order valence-electron chi connectivity index (χ1n) is 11.6. The third-order valence-corrected chi connectivity index (χ3v) is 6.72. The molecule has 1 N–H and O–H groups in total. The Labute approximate surface area is 191 Å². The first-order chi connectivity index (χ1) is 15.3. The van der Waals surface area contributed by atoms with E-state index in [9.17, 15) is 4.79 Å². The maximum Gasteiger partial charge on any atom is 0.272 e. The van der Waals surface area contributed by atoms with Gasteiger partial charge in [-0.25, -0.2) is 0 Å². The average molecular weight is 435 g/mol. The van der Waals surface area contributed by atoms with Crippen LogP contribution in [0.2, 0.25) is 0 Å². The Morgan fingerprint density at radius 2 is 1.84 bits per heavy atom. The number of anilines is 1. The number of hydrogen-bond donors (Lipinski definition) is 1. The van der Waals surface area contributed by atoms with Crippen LogP contribution in [-0.2, 0) is 12.5 Å². The van der Waals surface area contributed by atoms with E-state index >= 15 is 0 Å². The number of nitrogens with zero attached hydrogens (tertiary/aromatic N) is 5. The highest BCUT2D eigenvalue weighted by molar-refractivity contribution is 5.93. The van der Waals surface area contributed by atoms with Crippen LogP contribution in [0.3, 0.4) is 0 Å². The van der Waals surface area contributed by atoms with Crippen molar-refractivity contribution in [2.75, 3.05) is 31.5 Å². The molecular weight excluding hydrogens is 400 g/mol. The van der Waals surface area contributed by atoms with Crippen molar-refractivity contribution in [3.05, 3.63) is 47.3 Å². The molecule has 3 heterocycles. The number of nitriles is 1. The predicted octanol–water partition coefficient (Wildman–Crippen LogP) is 3.38. The summed E-state index contributed by atoms with van der Waals surface area (Å²) in [5, 5.41) is 16.9. The lowest BCUT2D eigenvalue weighted by molar-refractivity contribution is 0.0440. The Bertz CT molecular complexity index is 983. The molecule has 1 amide bonds. The van der Waals surface area contributed by atoms with Crippen molar-refractivity contribution in [3.63, 3.8) is 0 Å². The number of fused-ring (bicyclic) bond motifs is 2. The fourth-order valence-corrected chi connectivity index (χ4v) is 4.87. The van der Waals surface area contributed by atoms with E-state index in [4.69, 9.17) is 5.26 Å². The summed E-state index contributed by atoms with van der Waals surface area (Å²) in [5.41, 5.74) is 3.31. The van der Waals surface area contributed by atoms with Gasteiger partial charge < -0.3 is 10.2 Å². The van der Waals surface area contributed by atoms with Crippen LogP contribution in [0, 0.1) is 11.3 Å². The van der Waals surface area contributed by atoms with Crippen molar-refractivity contribution in [1.29, 1.82) is 5.26 Å². The highest BCUT2D eigenvalue weighted by Crippen LogP contribution is 2.31. The summed E-state index contributed by atoms with van der Waals surface area (Å²) in [6.07, 6.45) is 3.38. The van der Waals surface area contributed by atoms with Crippen LogP contribution >= 0.6 is 0 Å². The van der Waals surface area contributed by atoms with Crippen molar-refractivity contribution in [2.24, 2.45) is 7.05 Å². The van der Waals surface area contributed by atoms with Crippen molar-refractivity contribution >= 4 is 11.6 Å². The standard InChI is InChI=1S/C25H34N6O/c1-25(2,3)23-14-22(29(4)28-23)24(32)30-16-20-10-11-21(17-30)31(20)13-5-12-27-19-8-6-18(15-26)7-9-19/h6-9,14,20-21,27H,5,10-13,16-17H2,1-4H3. The first kappa shape index (κ1) is 22.3. The lowest BCUT2D eigenvalue weighted by Crippen LogP contribution is -2.55. The van der Waals surface area contributed by atoms with Crippen LogP contribution in [0.15, 0.2) is 30.3 Å². The Hall–Kier alpha value is -2.85. The molecule has 2 aromatic rings. The summed E-state index contributed by atoms with van der Waals surface area (Å²) >= 11 is 0. The quantitative estimate of drug-likeness (QED) is 0.706. The predicted molar refractivity (Wildman–Crippen MR) is 126 cm³/mol. The Morgan fingerprint density at radius 3 is 2.41 bits per heavy atom. The van der Waals surface area contributed by atoms with Crippen molar-refractivity contribution < 1.29 is 4.79 Å². The zero-order valence-corrected chi connectivity index (χ0v) is 19.6. The van der Waals surface area contributed by atoms with Crippen LogP contribution < -0.4 is 5.32 Å². The number of benzene rings is 1. The van der Waals surface area contributed by atoms with E-state index in [0.717, 1.165) is 56.8 Å². The second kappa shape index (κ2) is 8.95. The second-order valence-corrected chi connectivity index (χ2v) is 10.1. The molecule has 2 unspecified atom stereocenters. The highest BCUT2D eigenvalue weighted by Gasteiger charge is 2.41. The van der Waals surface area contributed by atoms with E-state index in [2.05, 4.69) is 42.2 Å². The molecule has 4 rings (SSSR count). The van der Waals surface area contributed by atoms with Gasteiger partial charge in [-0.1, -0.05) is 20.8 Å². The lowest BCUT2D eigenvalue weighted by Gasteiger charge is -2.41. The Kier molecular flexibility index (Phi) is 6.25. The molecule has 2 aliphatic heterocycles. The molecule has 2 bridgehead atoms. The number of nitrogens with one attached hydrogen (secondary N) is 1. The maximum absolute atomic E-state index is 13.3. The molecule has 32 heavy (non-hydrogen) atoms. The zero-order chi connectivity index (χ0) is 22.9. The number of hydrogen-bond acceptors (Lipinski definition) is 5. The number of aromatic nitrogens is 2. The fourth-order valence-electron chi connectivity index (χ4n) is 4.87. The maximum atomic E-state index is 13.3. The number of carbonyl (C=O) groups excluding carboxylic acids is 1. The summed E-state index contributed by atoms with van der Waals surface area (Å²) in [6, 6.07) is 12.6. The second-order valence-electron chi connectivity index (χ2n) is 10.1. The van der Waals surface area contributed by atoms with E-state index in [1.807, 2.05) is 42.3 Å². The molecule has 7 heteroatoms. The fraction of sp³-hybridized carbons (Fsp3) is 0.560. The molecule has 2 fully saturated rings. The van der Waals surface area contributed by atoms with Gasteiger partial charge in [-0.05, 0) is 49.6 Å². The molecule has 7 nitrogen and oxygen atoms in total.